The molecule has 1 saturated heterocycles. The van der Waals surface area contributed by atoms with Gasteiger partial charge in [-0.2, -0.15) is 15.4 Å². The van der Waals surface area contributed by atoms with Crippen molar-refractivity contribution in [2.24, 2.45) is 5.92 Å². The van der Waals surface area contributed by atoms with Crippen molar-refractivity contribution in [1.82, 2.24) is 15.4 Å². The van der Waals surface area contributed by atoms with E-state index in [9.17, 15) is 4.79 Å². The van der Waals surface area contributed by atoms with Crippen LogP contribution in [0.5, 0.6) is 0 Å². The number of nitrogens with zero attached hydrogens (tertiary/aromatic N) is 2. The summed E-state index contributed by atoms with van der Waals surface area (Å²) in [4.78, 5) is 12.0. The van der Waals surface area contributed by atoms with Crippen LogP contribution in [0.15, 0.2) is 18.2 Å². The van der Waals surface area contributed by atoms with Crippen molar-refractivity contribution in [2.75, 3.05) is 18.5 Å². The van der Waals surface area contributed by atoms with E-state index in [-0.39, 0.29) is 11.8 Å². The largest absolute Gasteiger partial charge is 0.381 e. The highest BCUT2D eigenvalue weighted by Gasteiger charge is 2.21. The minimum Gasteiger partial charge on any atom is -0.381 e. The van der Waals surface area contributed by atoms with E-state index in [1.165, 1.54) is 0 Å². The molecule has 1 aromatic carbocycles. The molecule has 0 aliphatic carbocycles. The molecule has 0 spiro atoms. The standard InChI is InChI=1S/C12H14N4O2/c17-12(8-2-1-5-18-7-8)13-9-3-4-10-11(6-9)15-16-14-10/h3-4,6,8H,1-2,5,7H2,(H,13,17)(H,14,15,16)/t8-/m1/s1. The molecule has 6 heteroatoms. The van der Waals surface area contributed by atoms with Crippen molar-refractivity contribution < 1.29 is 9.53 Å². The number of carbonyl (C=O) groups excluding carboxylic acids is 1. The number of hydrogen-bond acceptors (Lipinski definition) is 4. The molecular weight excluding hydrogens is 232 g/mol. The Hall–Kier alpha value is -1.95. The van der Waals surface area contributed by atoms with Crippen LogP contribution >= 0.6 is 0 Å². The van der Waals surface area contributed by atoms with Crippen LogP contribution in [-0.2, 0) is 9.53 Å². The number of rotatable bonds is 2. The topological polar surface area (TPSA) is 79.9 Å². The molecule has 1 aromatic heterocycles. The minimum atomic E-state index is -0.0493. The van der Waals surface area contributed by atoms with Gasteiger partial charge in [-0.1, -0.05) is 0 Å². The van der Waals surface area contributed by atoms with Gasteiger partial charge in [0, 0.05) is 12.3 Å². The van der Waals surface area contributed by atoms with Gasteiger partial charge in [0.05, 0.1) is 12.5 Å². The Labute approximate surface area is 104 Å². The van der Waals surface area contributed by atoms with Crippen molar-refractivity contribution in [3.8, 4) is 0 Å². The highest BCUT2D eigenvalue weighted by Crippen LogP contribution is 2.18. The molecule has 3 rings (SSSR count). The second-order valence-electron chi connectivity index (χ2n) is 4.43. The molecule has 2 heterocycles. The molecule has 1 atom stereocenters. The molecule has 0 saturated carbocycles. The minimum absolute atomic E-state index is 0.0116. The molecule has 1 amide bonds. The Morgan fingerprint density at radius 3 is 3.11 bits per heavy atom. The van der Waals surface area contributed by atoms with Gasteiger partial charge >= 0.3 is 0 Å². The van der Waals surface area contributed by atoms with Gasteiger partial charge in [0.1, 0.15) is 11.0 Å². The van der Waals surface area contributed by atoms with Gasteiger partial charge < -0.3 is 10.1 Å². The summed E-state index contributed by atoms with van der Waals surface area (Å²) in [7, 11) is 0. The van der Waals surface area contributed by atoms with E-state index in [1.54, 1.807) is 6.07 Å². The van der Waals surface area contributed by atoms with E-state index in [2.05, 4.69) is 20.7 Å². The summed E-state index contributed by atoms with van der Waals surface area (Å²) >= 11 is 0. The SMILES string of the molecule is O=C(Nc1ccc2n[nH]nc2c1)[C@@H]1CCCOC1. The highest BCUT2D eigenvalue weighted by molar-refractivity contribution is 5.94. The first-order valence-electron chi connectivity index (χ1n) is 6.02. The fourth-order valence-corrected chi connectivity index (χ4v) is 2.11. The van der Waals surface area contributed by atoms with Crippen LogP contribution in [0.1, 0.15) is 12.8 Å². The van der Waals surface area contributed by atoms with Crippen LogP contribution in [0.2, 0.25) is 0 Å². The van der Waals surface area contributed by atoms with Crippen molar-refractivity contribution in [1.29, 1.82) is 0 Å². The zero-order valence-electron chi connectivity index (χ0n) is 9.85. The molecule has 1 fully saturated rings. The van der Waals surface area contributed by atoms with Crippen LogP contribution < -0.4 is 5.32 Å². The fourth-order valence-electron chi connectivity index (χ4n) is 2.11. The van der Waals surface area contributed by atoms with Crippen molar-refractivity contribution >= 4 is 22.6 Å². The number of fused-ring (bicyclic) bond motifs is 1. The Kier molecular flexibility index (Phi) is 2.93. The van der Waals surface area contributed by atoms with Gasteiger partial charge in [-0.25, -0.2) is 0 Å². The molecule has 2 N–H and O–H groups in total. The number of H-pyrrole nitrogens is 1. The molecule has 18 heavy (non-hydrogen) atoms. The summed E-state index contributed by atoms with van der Waals surface area (Å²) in [6.07, 6.45) is 1.83. The molecule has 1 aliphatic heterocycles. The number of anilines is 1. The number of nitrogens with one attached hydrogen (secondary N) is 2. The third-order valence-electron chi connectivity index (χ3n) is 3.11. The predicted octanol–water partition coefficient (Wildman–Crippen LogP) is 1.32. The van der Waals surface area contributed by atoms with Crippen molar-refractivity contribution in [3.63, 3.8) is 0 Å². The Bertz CT molecular complexity index is 560. The predicted molar refractivity (Wildman–Crippen MR) is 66.1 cm³/mol. The van der Waals surface area contributed by atoms with Crippen LogP contribution in [-0.4, -0.2) is 34.5 Å². The summed E-state index contributed by atoms with van der Waals surface area (Å²) in [6.45, 7) is 1.27. The maximum Gasteiger partial charge on any atom is 0.229 e. The van der Waals surface area contributed by atoms with E-state index in [1.807, 2.05) is 12.1 Å². The van der Waals surface area contributed by atoms with Crippen LogP contribution in [0.4, 0.5) is 5.69 Å². The third-order valence-corrected chi connectivity index (χ3v) is 3.11. The van der Waals surface area contributed by atoms with Gasteiger partial charge in [0.2, 0.25) is 5.91 Å². The zero-order valence-corrected chi connectivity index (χ0v) is 9.85. The van der Waals surface area contributed by atoms with Gasteiger partial charge in [0.15, 0.2) is 0 Å². The Morgan fingerprint density at radius 2 is 2.28 bits per heavy atom. The first kappa shape index (κ1) is 11.2. The second-order valence-corrected chi connectivity index (χ2v) is 4.43. The molecule has 0 unspecified atom stereocenters. The molecular formula is C12H14N4O2. The van der Waals surface area contributed by atoms with Crippen LogP contribution in [0.3, 0.4) is 0 Å². The quantitative estimate of drug-likeness (QED) is 0.837. The lowest BCUT2D eigenvalue weighted by Crippen LogP contribution is -2.30. The maximum atomic E-state index is 12.0. The smallest absolute Gasteiger partial charge is 0.229 e. The van der Waals surface area contributed by atoms with Gasteiger partial charge in [-0.15, -0.1) is 0 Å². The number of benzene rings is 1. The zero-order chi connectivity index (χ0) is 12.4. The third kappa shape index (κ3) is 2.19. The normalized spacial score (nSPS) is 19.9. The van der Waals surface area contributed by atoms with E-state index in [4.69, 9.17) is 4.74 Å². The van der Waals surface area contributed by atoms with E-state index in [0.29, 0.717) is 6.61 Å². The first-order valence-corrected chi connectivity index (χ1v) is 6.02. The summed E-state index contributed by atoms with van der Waals surface area (Å²) in [6, 6.07) is 5.46. The van der Waals surface area contributed by atoms with Gasteiger partial charge in [-0.05, 0) is 31.0 Å². The van der Waals surface area contributed by atoms with Crippen molar-refractivity contribution in [3.05, 3.63) is 18.2 Å². The summed E-state index contributed by atoms with van der Waals surface area (Å²) < 4.78 is 5.31. The molecule has 0 bridgehead atoms. The molecule has 6 nitrogen and oxygen atoms in total. The Balaban J connectivity index is 1.72. The Morgan fingerprint density at radius 1 is 1.39 bits per heavy atom. The monoisotopic (exact) mass is 246 g/mol. The number of hydrogen-bond donors (Lipinski definition) is 2. The van der Waals surface area contributed by atoms with Crippen molar-refractivity contribution in [2.45, 2.75) is 12.8 Å². The van der Waals surface area contributed by atoms with E-state index in [0.717, 1.165) is 36.2 Å². The molecule has 1 aliphatic rings. The van der Waals surface area contributed by atoms with E-state index >= 15 is 0 Å². The lowest BCUT2D eigenvalue weighted by molar-refractivity contribution is -0.123. The molecule has 94 valence electrons. The number of carbonyl (C=O) groups is 1. The summed E-state index contributed by atoms with van der Waals surface area (Å²) in [5.74, 6) is -0.0377. The average molecular weight is 246 g/mol. The van der Waals surface area contributed by atoms with Crippen LogP contribution in [0.25, 0.3) is 11.0 Å². The van der Waals surface area contributed by atoms with E-state index < -0.39 is 0 Å². The summed E-state index contributed by atoms with van der Waals surface area (Å²) in [5, 5.41) is 13.4. The lowest BCUT2D eigenvalue weighted by atomic mass is 10.0. The first-order chi connectivity index (χ1) is 8.83. The molecule has 0 radical (unpaired) electrons. The number of ether oxygens (including phenoxy) is 1. The number of amides is 1. The number of aromatic amines is 1. The molecule has 2 aromatic rings. The second kappa shape index (κ2) is 4.73. The lowest BCUT2D eigenvalue weighted by Gasteiger charge is -2.21. The van der Waals surface area contributed by atoms with Gasteiger partial charge in [-0.3, -0.25) is 4.79 Å². The van der Waals surface area contributed by atoms with Gasteiger partial charge in [0.25, 0.3) is 0 Å². The maximum absolute atomic E-state index is 12.0. The average Bonchev–Trinajstić information content (AvgIpc) is 2.87. The number of aromatic nitrogens is 3. The van der Waals surface area contributed by atoms with Crippen LogP contribution in [0, 0.1) is 5.92 Å². The summed E-state index contributed by atoms with van der Waals surface area (Å²) in [5.41, 5.74) is 2.27. The fraction of sp³-hybridized carbons (Fsp3) is 0.417. The highest BCUT2D eigenvalue weighted by atomic mass is 16.5.